The number of aromatic nitrogens is 1. The second kappa shape index (κ2) is 7.64. The smallest absolute Gasteiger partial charge is 0.219 e. The highest BCUT2D eigenvalue weighted by atomic mass is 32.1. The quantitative estimate of drug-likeness (QED) is 0.660. The minimum atomic E-state index is -0.267. The number of nitrogens with two attached hydrogens (primary N) is 1. The van der Waals surface area contributed by atoms with Crippen LogP contribution in [0.3, 0.4) is 0 Å². The first-order chi connectivity index (χ1) is 11.6. The molecule has 0 saturated heterocycles. The summed E-state index contributed by atoms with van der Waals surface area (Å²) in [5, 5.41) is 6.96. The minimum absolute atomic E-state index is 0.267. The molecule has 0 spiro atoms. The maximum absolute atomic E-state index is 11.1. The fourth-order valence-corrected chi connectivity index (χ4v) is 3.80. The van der Waals surface area contributed by atoms with Gasteiger partial charge in [-0.3, -0.25) is 4.79 Å². The van der Waals surface area contributed by atoms with Gasteiger partial charge in [0.2, 0.25) is 5.91 Å². The van der Waals surface area contributed by atoms with Gasteiger partial charge in [0.15, 0.2) is 0 Å². The van der Waals surface area contributed by atoms with Gasteiger partial charge in [0.25, 0.3) is 0 Å². The fourth-order valence-electron chi connectivity index (χ4n) is 2.97. The van der Waals surface area contributed by atoms with Gasteiger partial charge in [-0.25, -0.2) is 0 Å². The van der Waals surface area contributed by atoms with E-state index in [1.54, 1.807) is 11.3 Å². The molecule has 0 radical (unpaired) electrons. The molecule has 126 valence electrons. The van der Waals surface area contributed by atoms with Crippen molar-refractivity contribution in [3.8, 4) is 0 Å². The molecular weight excluding hydrogens is 318 g/mol. The molecule has 0 aliphatic carbocycles. The number of aryl methyl sites for hydroxylation is 1. The van der Waals surface area contributed by atoms with Crippen LogP contribution in [0.25, 0.3) is 10.9 Å². The Morgan fingerprint density at radius 2 is 2.12 bits per heavy atom. The Kier molecular flexibility index (Phi) is 5.33. The number of nitrogens with one attached hydrogen (secondary N) is 1. The molecular formula is C19H23N3OS. The van der Waals surface area contributed by atoms with Gasteiger partial charge in [0.05, 0.1) is 0 Å². The lowest BCUT2D eigenvalue weighted by Crippen LogP contribution is -2.27. The van der Waals surface area contributed by atoms with E-state index in [1.165, 1.54) is 15.8 Å². The predicted octanol–water partition coefficient (Wildman–Crippen LogP) is 3.30. The minimum Gasteiger partial charge on any atom is -0.370 e. The number of benzene rings is 1. The largest absolute Gasteiger partial charge is 0.370 e. The van der Waals surface area contributed by atoms with Crippen LogP contribution in [0.2, 0.25) is 0 Å². The van der Waals surface area contributed by atoms with E-state index >= 15 is 0 Å². The van der Waals surface area contributed by atoms with Crippen molar-refractivity contribution < 1.29 is 4.79 Å². The van der Waals surface area contributed by atoms with Gasteiger partial charge in [-0.15, -0.1) is 11.3 Å². The van der Waals surface area contributed by atoms with E-state index in [2.05, 4.69) is 58.7 Å². The number of primary amides is 1. The summed E-state index contributed by atoms with van der Waals surface area (Å²) in [5.74, 6) is -0.267. The topological polar surface area (TPSA) is 60.1 Å². The van der Waals surface area contributed by atoms with Crippen LogP contribution in [0.5, 0.6) is 0 Å². The zero-order valence-electron chi connectivity index (χ0n) is 13.9. The van der Waals surface area contributed by atoms with Gasteiger partial charge >= 0.3 is 0 Å². The third-order valence-electron chi connectivity index (χ3n) is 4.20. The second-order valence-corrected chi connectivity index (χ2v) is 7.18. The number of hydrogen-bond acceptors (Lipinski definition) is 3. The Labute approximate surface area is 146 Å². The number of nitrogens with zero attached hydrogens (tertiary/aromatic N) is 1. The molecule has 1 amide bonds. The molecule has 3 N–H and O–H groups in total. The molecule has 0 aliphatic heterocycles. The lowest BCUT2D eigenvalue weighted by molar-refractivity contribution is -0.118. The Bertz CT molecular complexity index is 807. The van der Waals surface area contributed by atoms with Gasteiger partial charge in [0.1, 0.15) is 0 Å². The first-order valence-corrected chi connectivity index (χ1v) is 9.12. The summed E-state index contributed by atoms with van der Waals surface area (Å²) in [6.45, 7) is 3.66. The van der Waals surface area contributed by atoms with Gasteiger partial charge < -0.3 is 15.6 Å². The van der Waals surface area contributed by atoms with E-state index in [-0.39, 0.29) is 5.91 Å². The highest BCUT2D eigenvalue weighted by Gasteiger charge is 2.10. The molecule has 0 fully saturated rings. The van der Waals surface area contributed by atoms with Crippen molar-refractivity contribution in [2.75, 3.05) is 0 Å². The molecule has 5 heteroatoms. The predicted molar refractivity (Wildman–Crippen MR) is 100 cm³/mol. The zero-order valence-corrected chi connectivity index (χ0v) is 14.7. The van der Waals surface area contributed by atoms with E-state index in [0.717, 1.165) is 18.5 Å². The van der Waals surface area contributed by atoms with E-state index in [4.69, 9.17) is 5.73 Å². The maximum atomic E-state index is 11.1. The number of para-hydroxylation sites is 1. The summed E-state index contributed by atoms with van der Waals surface area (Å²) in [5.41, 5.74) is 7.70. The third kappa shape index (κ3) is 4.04. The van der Waals surface area contributed by atoms with Gasteiger partial charge in [0, 0.05) is 47.5 Å². The second-order valence-electron chi connectivity index (χ2n) is 6.15. The Balaban J connectivity index is 1.70. The summed E-state index contributed by atoms with van der Waals surface area (Å²) in [4.78, 5) is 12.5. The highest BCUT2D eigenvalue weighted by Crippen LogP contribution is 2.22. The van der Waals surface area contributed by atoms with Crippen molar-refractivity contribution in [2.24, 2.45) is 5.73 Å². The average Bonchev–Trinajstić information content (AvgIpc) is 3.19. The van der Waals surface area contributed by atoms with Crippen molar-refractivity contribution in [3.05, 3.63) is 58.4 Å². The van der Waals surface area contributed by atoms with Crippen molar-refractivity contribution in [2.45, 2.75) is 38.9 Å². The standard InChI is InChI=1S/C19H23N3OS/c1-14(11-16-5-4-10-24-16)21-12-15-13-22(9-8-19(20)23)18-7-3-2-6-17(15)18/h2-7,10,13-14,21H,8-9,11-12H2,1H3,(H2,20,23). The normalized spacial score (nSPS) is 12.5. The number of thiophene rings is 1. The fraction of sp³-hybridized carbons (Fsp3) is 0.316. The van der Waals surface area contributed by atoms with Crippen molar-refractivity contribution in [1.82, 2.24) is 9.88 Å². The van der Waals surface area contributed by atoms with E-state index in [9.17, 15) is 4.79 Å². The first kappa shape index (κ1) is 16.7. The summed E-state index contributed by atoms with van der Waals surface area (Å²) < 4.78 is 2.13. The molecule has 0 aliphatic rings. The number of rotatable bonds is 8. The van der Waals surface area contributed by atoms with Crippen LogP contribution < -0.4 is 11.1 Å². The Morgan fingerprint density at radius 3 is 2.88 bits per heavy atom. The SMILES string of the molecule is CC(Cc1cccs1)NCc1cn(CCC(N)=O)c2ccccc12. The molecule has 2 heterocycles. The molecule has 2 aromatic heterocycles. The number of fused-ring (bicyclic) bond motifs is 1. The third-order valence-corrected chi connectivity index (χ3v) is 5.10. The van der Waals surface area contributed by atoms with Crippen LogP contribution in [0.4, 0.5) is 0 Å². The van der Waals surface area contributed by atoms with Gasteiger partial charge in [-0.2, -0.15) is 0 Å². The molecule has 3 rings (SSSR count). The van der Waals surface area contributed by atoms with Crippen LogP contribution in [0.15, 0.2) is 48.0 Å². The van der Waals surface area contributed by atoms with Crippen LogP contribution in [0.1, 0.15) is 23.8 Å². The maximum Gasteiger partial charge on any atom is 0.219 e. The first-order valence-electron chi connectivity index (χ1n) is 8.24. The van der Waals surface area contributed by atoms with Crippen molar-refractivity contribution >= 4 is 28.1 Å². The van der Waals surface area contributed by atoms with Crippen molar-refractivity contribution in [1.29, 1.82) is 0 Å². The molecule has 1 atom stereocenters. The Morgan fingerprint density at radius 1 is 1.29 bits per heavy atom. The van der Waals surface area contributed by atoms with Gasteiger partial charge in [-0.05, 0) is 36.4 Å². The molecule has 1 unspecified atom stereocenters. The highest BCUT2D eigenvalue weighted by molar-refractivity contribution is 7.09. The van der Waals surface area contributed by atoms with E-state index < -0.39 is 0 Å². The Hall–Kier alpha value is -2.11. The molecule has 0 saturated carbocycles. The monoisotopic (exact) mass is 341 g/mol. The summed E-state index contributed by atoms with van der Waals surface area (Å²) >= 11 is 1.80. The van der Waals surface area contributed by atoms with Crippen LogP contribution >= 0.6 is 11.3 Å². The molecule has 1 aromatic carbocycles. The summed E-state index contributed by atoms with van der Waals surface area (Å²) in [6.07, 6.45) is 3.54. The summed E-state index contributed by atoms with van der Waals surface area (Å²) in [6, 6.07) is 13.0. The number of carbonyl (C=O) groups excluding carboxylic acids is 1. The molecule has 3 aromatic rings. The summed E-state index contributed by atoms with van der Waals surface area (Å²) in [7, 11) is 0. The molecule has 4 nitrogen and oxygen atoms in total. The zero-order chi connectivity index (χ0) is 16.9. The number of carbonyl (C=O) groups is 1. The average molecular weight is 341 g/mol. The molecule has 0 bridgehead atoms. The van der Waals surface area contributed by atoms with E-state index in [0.29, 0.717) is 19.0 Å². The number of hydrogen-bond donors (Lipinski definition) is 2. The van der Waals surface area contributed by atoms with Crippen LogP contribution in [-0.4, -0.2) is 16.5 Å². The van der Waals surface area contributed by atoms with E-state index in [1.807, 2.05) is 6.07 Å². The van der Waals surface area contributed by atoms with Crippen molar-refractivity contribution in [3.63, 3.8) is 0 Å². The lowest BCUT2D eigenvalue weighted by Gasteiger charge is -2.12. The van der Waals surface area contributed by atoms with Crippen LogP contribution in [-0.2, 0) is 24.3 Å². The van der Waals surface area contributed by atoms with Crippen LogP contribution in [0, 0.1) is 0 Å². The molecule has 24 heavy (non-hydrogen) atoms. The lowest BCUT2D eigenvalue weighted by atomic mass is 10.1. The van der Waals surface area contributed by atoms with Gasteiger partial charge in [-0.1, -0.05) is 24.3 Å². The number of amides is 1.